The molecule has 0 saturated heterocycles. The number of rotatable bonds is 1. The maximum Gasteiger partial charge on any atom is 0.356 e. The van der Waals surface area contributed by atoms with Crippen molar-refractivity contribution < 1.29 is 9.53 Å². The summed E-state index contributed by atoms with van der Waals surface area (Å²) >= 11 is 33.8. The third-order valence-electron chi connectivity index (χ3n) is 2.40. The second-order valence-electron chi connectivity index (χ2n) is 3.87. The minimum atomic E-state index is -1.58. The van der Waals surface area contributed by atoms with E-state index in [-0.39, 0.29) is 5.71 Å². The summed E-state index contributed by atoms with van der Waals surface area (Å²) in [6, 6.07) is 1.59. The quantitative estimate of drug-likeness (QED) is 0.528. The van der Waals surface area contributed by atoms with Gasteiger partial charge in [-0.05, 0) is 6.07 Å². The van der Waals surface area contributed by atoms with Crippen LogP contribution in [0.2, 0.25) is 5.02 Å². The summed E-state index contributed by atoms with van der Waals surface area (Å²) in [5, 5.41) is 0.381. The van der Waals surface area contributed by atoms with Crippen molar-refractivity contribution in [2.75, 3.05) is 13.7 Å². The molecule has 10 heteroatoms. The minimum absolute atomic E-state index is 0.221. The molecule has 118 valence electrons. The lowest BCUT2D eigenvalue weighted by Crippen LogP contribution is -2.32. The average molecular weight is 415 g/mol. The summed E-state index contributed by atoms with van der Waals surface area (Å²) in [6.45, 7) is 0.510. The highest BCUT2D eigenvalue weighted by molar-refractivity contribution is 6.81. The Bertz CT molecular complexity index is 535. The number of aromatic nitrogens is 1. The summed E-state index contributed by atoms with van der Waals surface area (Å²) in [7, 11) is 1.31. The van der Waals surface area contributed by atoms with Crippen molar-refractivity contribution in [1.82, 2.24) is 4.98 Å². The van der Waals surface area contributed by atoms with E-state index < -0.39 is 14.1 Å². The van der Waals surface area contributed by atoms with E-state index in [1.165, 1.54) is 7.11 Å². The number of halogens is 6. The van der Waals surface area contributed by atoms with E-state index in [0.717, 1.165) is 0 Å². The van der Waals surface area contributed by atoms with Crippen LogP contribution >= 0.6 is 69.6 Å². The molecule has 1 aromatic rings. The van der Waals surface area contributed by atoms with Crippen LogP contribution < -0.4 is 0 Å². The van der Waals surface area contributed by atoms with Crippen molar-refractivity contribution in [3.8, 4) is 0 Å². The van der Waals surface area contributed by atoms with E-state index in [1.807, 2.05) is 0 Å². The molecule has 1 aromatic heterocycles. The van der Waals surface area contributed by atoms with Crippen molar-refractivity contribution in [3.05, 3.63) is 23.0 Å². The van der Waals surface area contributed by atoms with E-state index in [2.05, 4.69) is 14.7 Å². The first-order valence-electron chi connectivity index (χ1n) is 5.50. The summed E-state index contributed by atoms with van der Waals surface area (Å²) < 4.78 is 1.73. The highest BCUT2D eigenvalue weighted by Gasteiger charge is 2.45. The number of methoxy groups -OCH3 is 1. The van der Waals surface area contributed by atoms with Gasteiger partial charge in [0.15, 0.2) is 4.33 Å². The first-order valence-corrected chi connectivity index (χ1v) is 7.77. The summed E-state index contributed by atoms with van der Waals surface area (Å²) in [6.07, 6.45) is 2.08. The molecule has 2 rings (SSSR count). The van der Waals surface area contributed by atoms with E-state index in [9.17, 15) is 4.79 Å². The summed E-state index contributed by atoms with van der Waals surface area (Å²) in [4.78, 5) is 17.3. The zero-order chi connectivity index (χ0) is 16.3. The predicted octanol–water partition coefficient (Wildman–Crippen LogP) is 4.83. The Hall–Kier alpha value is 0.160. The Kier molecular flexibility index (Phi) is 6.97. The third kappa shape index (κ3) is 5.38. The summed E-state index contributed by atoms with van der Waals surface area (Å²) in [5.74, 6) is -0.449. The highest BCUT2D eigenvalue weighted by atomic mass is 35.6. The number of aromatic amines is 1. The Morgan fingerprint density at radius 3 is 2.33 bits per heavy atom. The van der Waals surface area contributed by atoms with Crippen LogP contribution in [0.5, 0.6) is 0 Å². The predicted molar refractivity (Wildman–Crippen MR) is 88.8 cm³/mol. The fourth-order valence-corrected chi connectivity index (χ4v) is 3.17. The second kappa shape index (κ2) is 7.62. The molecular formula is C11H10Cl6N2O2. The lowest BCUT2D eigenvalue weighted by Gasteiger charge is -2.20. The SMILES string of the molecule is COC(=O)c1[nH]ccc1Cl.ClC(Cl)(Cl)C1=NCCC1(Cl)Cl. The molecule has 0 bridgehead atoms. The number of nitrogens with one attached hydrogen (secondary N) is 1. The van der Waals surface area contributed by atoms with Gasteiger partial charge in [0.25, 0.3) is 0 Å². The molecule has 1 aliphatic rings. The highest BCUT2D eigenvalue weighted by Crippen LogP contribution is 2.42. The Labute approximate surface area is 151 Å². The Morgan fingerprint density at radius 1 is 1.43 bits per heavy atom. The molecule has 1 aliphatic heterocycles. The van der Waals surface area contributed by atoms with Gasteiger partial charge in [-0.15, -0.1) is 0 Å². The molecule has 21 heavy (non-hydrogen) atoms. The second-order valence-corrected chi connectivity index (χ2v) is 8.05. The number of alkyl halides is 5. The van der Waals surface area contributed by atoms with E-state index in [0.29, 0.717) is 23.7 Å². The van der Waals surface area contributed by atoms with E-state index in [1.54, 1.807) is 12.3 Å². The number of carbonyl (C=O) groups excluding carboxylic acids is 1. The molecule has 0 fully saturated rings. The van der Waals surface area contributed by atoms with Gasteiger partial charge >= 0.3 is 5.97 Å². The van der Waals surface area contributed by atoms with Gasteiger partial charge in [-0.3, -0.25) is 4.99 Å². The number of carbonyl (C=O) groups is 1. The number of esters is 1. The van der Waals surface area contributed by atoms with Crippen molar-refractivity contribution in [2.24, 2.45) is 4.99 Å². The van der Waals surface area contributed by atoms with Gasteiger partial charge in [-0.1, -0.05) is 69.6 Å². The molecular weight excluding hydrogens is 405 g/mol. The third-order valence-corrected chi connectivity index (χ3v) is 3.98. The van der Waals surface area contributed by atoms with Crippen molar-refractivity contribution in [3.63, 3.8) is 0 Å². The van der Waals surface area contributed by atoms with Gasteiger partial charge in [0.1, 0.15) is 5.69 Å². The Balaban J connectivity index is 0.000000211. The Morgan fingerprint density at radius 2 is 2.05 bits per heavy atom. The maximum absolute atomic E-state index is 10.8. The normalized spacial score (nSPS) is 16.8. The van der Waals surface area contributed by atoms with Crippen LogP contribution in [0.25, 0.3) is 0 Å². The standard InChI is InChI=1S/C6H6ClNO2.C5H4Cl5N/c1-10-6(9)5-4(7)2-3-8-5;6-4(7)1-2-11-3(4)5(8,9)10/h2-3,8H,1H3;1-2H2. The number of hydrogen-bond donors (Lipinski definition) is 1. The van der Waals surface area contributed by atoms with Crippen LogP contribution in [0.4, 0.5) is 0 Å². The van der Waals surface area contributed by atoms with E-state index >= 15 is 0 Å². The smallest absolute Gasteiger partial charge is 0.356 e. The fourth-order valence-electron chi connectivity index (χ4n) is 1.45. The van der Waals surface area contributed by atoms with Gasteiger partial charge in [0.05, 0.1) is 17.8 Å². The van der Waals surface area contributed by atoms with Crippen molar-refractivity contribution >= 4 is 81.3 Å². The van der Waals surface area contributed by atoms with Crippen LogP contribution in [0, 0.1) is 0 Å². The van der Waals surface area contributed by atoms with Crippen LogP contribution in [0.15, 0.2) is 17.3 Å². The van der Waals surface area contributed by atoms with Crippen LogP contribution in [0.1, 0.15) is 16.9 Å². The average Bonchev–Trinajstić information content (AvgIpc) is 2.93. The molecule has 0 saturated carbocycles. The van der Waals surface area contributed by atoms with Crippen molar-refractivity contribution in [2.45, 2.75) is 14.5 Å². The molecule has 0 spiro atoms. The number of ether oxygens (including phenoxy) is 1. The fraction of sp³-hybridized carbons (Fsp3) is 0.455. The van der Waals surface area contributed by atoms with Gasteiger partial charge in [0, 0.05) is 19.2 Å². The maximum atomic E-state index is 10.8. The van der Waals surface area contributed by atoms with Gasteiger partial charge < -0.3 is 9.72 Å². The van der Waals surface area contributed by atoms with Crippen LogP contribution in [0.3, 0.4) is 0 Å². The minimum Gasteiger partial charge on any atom is -0.464 e. The molecule has 0 aliphatic carbocycles. The lowest BCUT2D eigenvalue weighted by atomic mass is 10.2. The summed E-state index contributed by atoms with van der Waals surface area (Å²) in [5.41, 5.74) is 0.516. The van der Waals surface area contributed by atoms with Crippen molar-refractivity contribution in [1.29, 1.82) is 0 Å². The van der Waals surface area contributed by atoms with Crippen LogP contribution in [-0.2, 0) is 4.74 Å². The molecule has 0 radical (unpaired) electrons. The molecule has 0 amide bonds. The molecule has 0 unspecified atom stereocenters. The zero-order valence-electron chi connectivity index (χ0n) is 10.6. The molecule has 0 atom stereocenters. The number of aliphatic imine (C=N–C) groups is 1. The first-order chi connectivity index (χ1) is 9.59. The first kappa shape index (κ1) is 19.2. The largest absolute Gasteiger partial charge is 0.464 e. The van der Waals surface area contributed by atoms with E-state index in [4.69, 9.17) is 69.6 Å². The topological polar surface area (TPSA) is 54.5 Å². The van der Waals surface area contributed by atoms with Gasteiger partial charge in [-0.2, -0.15) is 0 Å². The molecule has 0 aromatic carbocycles. The number of H-pyrrole nitrogens is 1. The number of nitrogens with zero attached hydrogens (tertiary/aromatic N) is 1. The molecule has 1 N–H and O–H groups in total. The molecule has 2 heterocycles. The zero-order valence-corrected chi connectivity index (χ0v) is 15.1. The number of hydrogen-bond acceptors (Lipinski definition) is 3. The van der Waals surface area contributed by atoms with Crippen LogP contribution in [-0.4, -0.2) is 38.4 Å². The lowest BCUT2D eigenvalue weighted by molar-refractivity contribution is 0.0595. The molecule has 4 nitrogen and oxygen atoms in total. The monoisotopic (exact) mass is 412 g/mol. The van der Waals surface area contributed by atoms with Gasteiger partial charge in [0.2, 0.25) is 3.79 Å². The van der Waals surface area contributed by atoms with Gasteiger partial charge in [-0.25, -0.2) is 4.79 Å².